The van der Waals surface area contributed by atoms with E-state index in [1.807, 2.05) is 0 Å². The van der Waals surface area contributed by atoms with Gasteiger partial charge >= 0.3 is 0 Å². The molecule has 0 radical (unpaired) electrons. The van der Waals surface area contributed by atoms with E-state index in [1.54, 1.807) is 19.1 Å². The van der Waals surface area contributed by atoms with Crippen LogP contribution in [0.3, 0.4) is 0 Å². The lowest BCUT2D eigenvalue weighted by Crippen LogP contribution is -1.91. The van der Waals surface area contributed by atoms with Crippen LogP contribution in [0.15, 0.2) is 18.2 Å². The van der Waals surface area contributed by atoms with Crippen LogP contribution in [-0.2, 0) is 6.42 Å². The van der Waals surface area contributed by atoms with Gasteiger partial charge in [-0.1, -0.05) is 11.3 Å². The molecule has 1 aromatic heterocycles. The first kappa shape index (κ1) is 12.9. The zero-order valence-corrected chi connectivity index (χ0v) is 11.2. The second kappa shape index (κ2) is 5.41. The summed E-state index contributed by atoms with van der Waals surface area (Å²) in [6.07, 6.45) is 0.686. The third kappa shape index (κ3) is 2.65. The third-order valence-corrected chi connectivity index (χ3v) is 3.64. The third-order valence-electron chi connectivity index (χ3n) is 2.42. The standard InChI is InChI=1S/C11H10ClN3O2S/c1-7-6-8(2-3-9(7)15(16)17)11-14-13-10(18-11)4-5-12/h2-3,6H,4-5H2,1H3. The summed E-state index contributed by atoms with van der Waals surface area (Å²) in [5.74, 6) is 0.508. The molecule has 0 aliphatic heterocycles. The minimum Gasteiger partial charge on any atom is -0.258 e. The average molecular weight is 284 g/mol. The first-order valence-electron chi connectivity index (χ1n) is 5.25. The highest BCUT2D eigenvalue weighted by molar-refractivity contribution is 7.14. The van der Waals surface area contributed by atoms with E-state index in [-0.39, 0.29) is 5.69 Å². The van der Waals surface area contributed by atoms with Crippen molar-refractivity contribution in [2.45, 2.75) is 13.3 Å². The fourth-order valence-electron chi connectivity index (χ4n) is 1.55. The highest BCUT2D eigenvalue weighted by atomic mass is 35.5. The number of nitrogens with zero attached hydrogens (tertiary/aromatic N) is 3. The maximum absolute atomic E-state index is 10.7. The van der Waals surface area contributed by atoms with E-state index in [1.165, 1.54) is 17.4 Å². The summed E-state index contributed by atoms with van der Waals surface area (Å²) in [5.41, 5.74) is 1.58. The van der Waals surface area contributed by atoms with Crippen molar-refractivity contribution in [1.29, 1.82) is 0 Å². The number of halogens is 1. The second-order valence-corrected chi connectivity index (χ2v) is 5.14. The fourth-order valence-corrected chi connectivity index (χ4v) is 2.67. The summed E-state index contributed by atoms with van der Waals surface area (Å²) >= 11 is 7.09. The maximum atomic E-state index is 10.7. The van der Waals surface area contributed by atoms with Crippen molar-refractivity contribution in [3.05, 3.63) is 38.9 Å². The van der Waals surface area contributed by atoms with Crippen molar-refractivity contribution in [2.24, 2.45) is 0 Å². The van der Waals surface area contributed by atoms with Gasteiger partial charge in [-0.3, -0.25) is 10.1 Å². The molecule has 0 bridgehead atoms. The van der Waals surface area contributed by atoms with E-state index in [4.69, 9.17) is 11.6 Å². The van der Waals surface area contributed by atoms with Crippen molar-refractivity contribution >= 4 is 28.6 Å². The zero-order chi connectivity index (χ0) is 13.1. The Bertz CT molecular complexity index is 585. The Hall–Kier alpha value is -1.53. The molecule has 18 heavy (non-hydrogen) atoms. The van der Waals surface area contributed by atoms with Crippen molar-refractivity contribution < 1.29 is 4.92 Å². The number of benzene rings is 1. The number of hydrogen-bond acceptors (Lipinski definition) is 5. The van der Waals surface area contributed by atoms with Gasteiger partial charge in [0.25, 0.3) is 5.69 Å². The molecule has 0 unspecified atom stereocenters. The SMILES string of the molecule is Cc1cc(-c2nnc(CCCl)s2)ccc1[N+](=O)[O-]. The molecule has 0 saturated carbocycles. The highest BCUT2D eigenvalue weighted by Gasteiger charge is 2.13. The van der Waals surface area contributed by atoms with Crippen LogP contribution in [0.25, 0.3) is 10.6 Å². The van der Waals surface area contributed by atoms with Gasteiger partial charge in [0.15, 0.2) is 0 Å². The summed E-state index contributed by atoms with van der Waals surface area (Å²) in [6.45, 7) is 1.71. The fraction of sp³-hybridized carbons (Fsp3) is 0.273. The minimum atomic E-state index is -0.391. The molecule has 0 fully saturated rings. The Labute approximate surface area is 113 Å². The van der Waals surface area contributed by atoms with Crippen LogP contribution in [0, 0.1) is 17.0 Å². The van der Waals surface area contributed by atoms with Gasteiger partial charge in [0, 0.05) is 29.5 Å². The van der Waals surface area contributed by atoms with Crippen molar-refractivity contribution in [2.75, 3.05) is 5.88 Å². The van der Waals surface area contributed by atoms with Gasteiger partial charge < -0.3 is 0 Å². The molecule has 0 N–H and O–H groups in total. The monoisotopic (exact) mass is 283 g/mol. The Morgan fingerprint density at radius 1 is 1.44 bits per heavy atom. The molecule has 0 spiro atoms. The Kier molecular flexibility index (Phi) is 3.88. The number of aryl methyl sites for hydroxylation is 2. The van der Waals surface area contributed by atoms with Crippen LogP contribution in [0.1, 0.15) is 10.6 Å². The van der Waals surface area contributed by atoms with E-state index in [9.17, 15) is 10.1 Å². The van der Waals surface area contributed by atoms with Crippen LogP contribution in [-0.4, -0.2) is 21.0 Å². The Morgan fingerprint density at radius 2 is 2.22 bits per heavy atom. The molecule has 7 heteroatoms. The zero-order valence-electron chi connectivity index (χ0n) is 9.59. The van der Waals surface area contributed by atoms with Gasteiger partial charge in [-0.2, -0.15) is 0 Å². The topological polar surface area (TPSA) is 68.9 Å². The number of nitro groups is 1. The Balaban J connectivity index is 2.33. The summed E-state index contributed by atoms with van der Waals surface area (Å²) in [6, 6.07) is 4.94. The molecule has 0 amide bonds. The number of aromatic nitrogens is 2. The van der Waals surface area contributed by atoms with Crippen molar-refractivity contribution in [3.8, 4) is 10.6 Å². The summed E-state index contributed by atoms with van der Waals surface area (Å²) in [5, 5.41) is 20.4. The molecule has 2 rings (SSSR count). The van der Waals surface area contributed by atoms with Crippen LogP contribution in [0.2, 0.25) is 0 Å². The molecule has 0 aliphatic carbocycles. The second-order valence-electron chi connectivity index (χ2n) is 3.70. The smallest absolute Gasteiger partial charge is 0.258 e. The number of hydrogen-bond donors (Lipinski definition) is 0. The molecule has 5 nitrogen and oxygen atoms in total. The van der Waals surface area contributed by atoms with Gasteiger partial charge in [0.2, 0.25) is 0 Å². The molecule has 1 heterocycles. The quantitative estimate of drug-likeness (QED) is 0.491. The average Bonchev–Trinajstić information content (AvgIpc) is 2.77. The van der Waals surface area contributed by atoms with Crippen molar-refractivity contribution in [3.63, 3.8) is 0 Å². The van der Waals surface area contributed by atoms with E-state index in [2.05, 4.69) is 10.2 Å². The lowest BCUT2D eigenvalue weighted by molar-refractivity contribution is -0.385. The van der Waals surface area contributed by atoms with Gasteiger partial charge in [0.1, 0.15) is 10.0 Å². The molecule has 0 aliphatic rings. The Morgan fingerprint density at radius 3 is 2.83 bits per heavy atom. The predicted octanol–water partition coefficient (Wildman–Crippen LogP) is 3.20. The summed E-state index contributed by atoms with van der Waals surface area (Å²) < 4.78 is 0. The van der Waals surface area contributed by atoms with Crippen LogP contribution >= 0.6 is 22.9 Å². The molecule has 94 valence electrons. The molecule has 0 atom stereocenters. The summed E-state index contributed by atoms with van der Waals surface area (Å²) in [7, 11) is 0. The normalized spacial score (nSPS) is 10.6. The summed E-state index contributed by atoms with van der Waals surface area (Å²) in [4.78, 5) is 10.3. The van der Waals surface area contributed by atoms with Crippen LogP contribution in [0.4, 0.5) is 5.69 Å². The molecule has 1 aromatic carbocycles. The van der Waals surface area contributed by atoms with E-state index < -0.39 is 4.92 Å². The van der Waals surface area contributed by atoms with E-state index in [0.29, 0.717) is 17.9 Å². The lowest BCUT2D eigenvalue weighted by Gasteiger charge is -1.99. The highest BCUT2D eigenvalue weighted by Crippen LogP contribution is 2.28. The first-order chi connectivity index (χ1) is 8.61. The van der Waals surface area contributed by atoms with E-state index in [0.717, 1.165) is 15.6 Å². The molecule has 0 saturated heterocycles. The molecular formula is C11H10ClN3O2S. The van der Waals surface area contributed by atoms with Crippen LogP contribution < -0.4 is 0 Å². The number of nitro benzene ring substituents is 1. The van der Waals surface area contributed by atoms with Gasteiger partial charge in [-0.05, 0) is 19.1 Å². The van der Waals surface area contributed by atoms with E-state index >= 15 is 0 Å². The minimum absolute atomic E-state index is 0.115. The molecule has 2 aromatic rings. The number of alkyl halides is 1. The first-order valence-corrected chi connectivity index (χ1v) is 6.60. The van der Waals surface area contributed by atoms with Crippen molar-refractivity contribution in [1.82, 2.24) is 10.2 Å². The predicted molar refractivity (Wildman–Crippen MR) is 71.2 cm³/mol. The maximum Gasteiger partial charge on any atom is 0.272 e. The number of rotatable bonds is 4. The van der Waals surface area contributed by atoms with Crippen LogP contribution in [0.5, 0.6) is 0 Å². The lowest BCUT2D eigenvalue weighted by atomic mass is 10.1. The van der Waals surface area contributed by atoms with Gasteiger partial charge in [0.05, 0.1) is 4.92 Å². The largest absolute Gasteiger partial charge is 0.272 e. The van der Waals surface area contributed by atoms with Gasteiger partial charge in [-0.25, -0.2) is 0 Å². The molecular weight excluding hydrogens is 274 g/mol. The van der Waals surface area contributed by atoms with Gasteiger partial charge in [-0.15, -0.1) is 21.8 Å².